The van der Waals surface area contributed by atoms with Crippen LogP contribution in [0.2, 0.25) is 0 Å². The molecule has 0 unspecified atom stereocenters. The topological polar surface area (TPSA) is 127 Å². The molecule has 0 aliphatic carbocycles. The normalized spacial score (nSPS) is 13.5. The molecule has 0 radical (unpaired) electrons. The number of nitrogens with one attached hydrogen (secondary N) is 1. The van der Waals surface area contributed by atoms with E-state index < -0.39 is 28.1 Å². The summed E-state index contributed by atoms with van der Waals surface area (Å²) >= 11 is 0. The molecule has 0 spiro atoms. The minimum atomic E-state index is -4.05. The summed E-state index contributed by atoms with van der Waals surface area (Å²) in [4.78, 5) is 13.1. The molecule has 0 fully saturated rings. The van der Waals surface area contributed by atoms with Crippen LogP contribution in [0.25, 0.3) is 0 Å². The van der Waals surface area contributed by atoms with Gasteiger partial charge in [0.25, 0.3) is 5.91 Å². The number of sulfonamides is 1. The highest BCUT2D eigenvalue weighted by molar-refractivity contribution is 7.89. The van der Waals surface area contributed by atoms with E-state index in [0.29, 0.717) is 5.56 Å². The molecule has 1 amide bonds. The molecule has 3 aromatic rings. The number of phenols is 2. The predicted molar refractivity (Wildman–Crippen MR) is 142 cm³/mol. The zero-order chi connectivity index (χ0) is 27.2. The number of nitrogens with zero attached hydrogens (tertiary/aromatic N) is 1. The van der Waals surface area contributed by atoms with Crippen molar-refractivity contribution in [2.75, 3.05) is 13.1 Å². The maximum atomic E-state index is 13.5. The second-order valence-electron chi connectivity index (χ2n) is 9.50. The number of aromatic hydroxyl groups is 2. The first-order valence-electron chi connectivity index (χ1n) is 12.1. The van der Waals surface area contributed by atoms with E-state index in [1.54, 1.807) is 19.1 Å². The molecule has 0 aromatic heterocycles. The number of hydrogen-bond donors (Lipinski definition) is 4. The third kappa shape index (κ3) is 7.31. The van der Waals surface area contributed by atoms with Crippen molar-refractivity contribution in [2.45, 2.75) is 44.2 Å². The first-order chi connectivity index (χ1) is 17.5. The van der Waals surface area contributed by atoms with Crippen LogP contribution in [0.4, 0.5) is 0 Å². The zero-order valence-electron chi connectivity index (χ0n) is 21.2. The second-order valence-corrected chi connectivity index (χ2v) is 11.4. The minimum absolute atomic E-state index is 0.0203. The van der Waals surface area contributed by atoms with Gasteiger partial charge in [0.05, 0.1) is 17.0 Å². The van der Waals surface area contributed by atoms with E-state index in [-0.39, 0.29) is 47.4 Å². The molecular formula is C28H34N2O6S. The fourth-order valence-corrected chi connectivity index (χ4v) is 5.74. The molecule has 0 heterocycles. The number of phenolic OH excluding ortho intramolecular Hbond substituents is 2. The Kier molecular flexibility index (Phi) is 9.31. The van der Waals surface area contributed by atoms with Crippen molar-refractivity contribution in [3.05, 3.63) is 89.5 Å². The fourth-order valence-electron chi connectivity index (χ4n) is 4.07. The SMILES string of the molecule is Cc1c(O)cccc1C(=O)N[C@@H](Cc1ccccc1)[C@H](O)CN(CC(C)C)S(=O)(=O)c1cccc(O)c1. The van der Waals surface area contributed by atoms with Crippen molar-refractivity contribution in [1.29, 1.82) is 0 Å². The Bertz CT molecular complexity index is 1310. The largest absolute Gasteiger partial charge is 0.508 e. The van der Waals surface area contributed by atoms with E-state index in [1.807, 2.05) is 44.2 Å². The number of benzene rings is 3. The van der Waals surface area contributed by atoms with E-state index in [2.05, 4.69) is 5.32 Å². The van der Waals surface area contributed by atoms with Gasteiger partial charge in [-0.2, -0.15) is 4.31 Å². The molecule has 0 aliphatic heterocycles. The zero-order valence-corrected chi connectivity index (χ0v) is 22.0. The predicted octanol–water partition coefficient (Wildman–Crippen LogP) is 3.46. The van der Waals surface area contributed by atoms with Gasteiger partial charge in [0.15, 0.2) is 0 Å². The van der Waals surface area contributed by atoms with Crippen LogP contribution in [0, 0.1) is 12.8 Å². The summed E-state index contributed by atoms with van der Waals surface area (Å²) in [6.45, 7) is 5.22. The summed E-state index contributed by atoms with van der Waals surface area (Å²) in [6.07, 6.45) is -1.000. The van der Waals surface area contributed by atoms with Gasteiger partial charge in [-0.1, -0.05) is 56.3 Å². The summed E-state index contributed by atoms with van der Waals surface area (Å²) in [5.41, 5.74) is 1.52. The molecule has 4 N–H and O–H groups in total. The highest BCUT2D eigenvalue weighted by atomic mass is 32.2. The third-order valence-corrected chi connectivity index (χ3v) is 7.87. The fraction of sp³-hybridized carbons (Fsp3) is 0.321. The Morgan fingerprint density at radius 1 is 0.946 bits per heavy atom. The summed E-state index contributed by atoms with van der Waals surface area (Å²) in [6, 6.07) is 18.5. The van der Waals surface area contributed by atoms with Gasteiger partial charge < -0.3 is 20.6 Å². The van der Waals surface area contributed by atoms with Gasteiger partial charge in [-0.05, 0) is 55.2 Å². The van der Waals surface area contributed by atoms with Crippen LogP contribution in [0.1, 0.15) is 35.3 Å². The molecule has 3 aromatic carbocycles. The first kappa shape index (κ1) is 28.2. The van der Waals surface area contributed by atoms with Crippen LogP contribution in [0.5, 0.6) is 11.5 Å². The average molecular weight is 527 g/mol. The molecule has 0 saturated carbocycles. The van der Waals surface area contributed by atoms with Gasteiger partial charge in [-0.25, -0.2) is 8.42 Å². The number of carbonyl (C=O) groups excluding carboxylic acids is 1. The van der Waals surface area contributed by atoms with Crippen molar-refractivity contribution in [2.24, 2.45) is 5.92 Å². The number of aliphatic hydroxyl groups excluding tert-OH is 1. The summed E-state index contributed by atoms with van der Waals surface area (Å²) in [5.74, 6) is -0.731. The molecule has 3 rings (SSSR count). The van der Waals surface area contributed by atoms with E-state index in [1.165, 1.54) is 34.6 Å². The van der Waals surface area contributed by atoms with Crippen LogP contribution in [-0.4, -0.2) is 59.2 Å². The number of rotatable bonds is 11. The number of amides is 1. The van der Waals surface area contributed by atoms with E-state index in [9.17, 15) is 28.5 Å². The van der Waals surface area contributed by atoms with Crippen molar-refractivity contribution >= 4 is 15.9 Å². The van der Waals surface area contributed by atoms with E-state index in [0.717, 1.165) is 5.56 Å². The van der Waals surface area contributed by atoms with Gasteiger partial charge in [-0.15, -0.1) is 0 Å². The highest BCUT2D eigenvalue weighted by Crippen LogP contribution is 2.23. The van der Waals surface area contributed by atoms with Crippen molar-refractivity contribution in [3.8, 4) is 11.5 Å². The van der Waals surface area contributed by atoms with Crippen molar-refractivity contribution in [1.82, 2.24) is 9.62 Å². The van der Waals surface area contributed by atoms with Crippen molar-refractivity contribution in [3.63, 3.8) is 0 Å². The van der Waals surface area contributed by atoms with Gasteiger partial charge in [0.2, 0.25) is 10.0 Å². The number of hydrogen-bond acceptors (Lipinski definition) is 6. The number of carbonyl (C=O) groups is 1. The molecule has 8 nitrogen and oxygen atoms in total. The minimum Gasteiger partial charge on any atom is -0.508 e. The van der Waals surface area contributed by atoms with Gasteiger partial charge in [0.1, 0.15) is 11.5 Å². The van der Waals surface area contributed by atoms with Crippen LogP contribution < -0.4 is 5.32 Å². The average Bonchev–Trinajstić information content (AvgIpc) is 2.85. The molecule has 9 heteroatoms. The molecular weight excluding hydrogens is 492 g/mol. The van der Waals surface area contributed by atoms with Gasteiger partial charge >= 0.3 is 0 Å². The van der Waals surface area contributed by atoms with E-state index in [4.69, 9.17) is 0 Å². The molecule has 0 aliphatic rings. The van der Waals surface area contributed by atoms with Crippen LogP contribution >= 0.6 is 0 Å². The lowest BCUT2D eigenvalue weighted by Gasteiger charge is -2.31. The molecule has 198 valence electrons. The third-order valence-electron chi connectivity index (χ3n) is 6.04. The Balaban J connectivity index is 1.92. The molecule has 37 heavy (non-hydrogen) atoms. The standard InChI is InChI=1S/C28H34N2O6S/c1-19(2)17-30(37(35,36)23-12-7-11-22(31)16-23)18-27(33)25(15-21-9-5-4-6-10-21)29-28(34)24-13-8-14-26(32)20(24)3/h4-14,16,19,25,27,31-33H,15,17-18H2,1-3H3,(H,29,34)/t25-,27+/m0/s1. The maximum absolute atomic E-state index is 13.5. The Morgan fingerprint density at radius 3 is 2.27 bits per heavy atom. The molecule has 2 atom stereocenters. The van der Waals surface area contributed by atoms with Crippen LogP contribution in [-0.2, 0) is 16.4 Å². The maximum Gasteiger partial charge on any atom is 0.252 e. The quantitative estimate of drug-likeness (QED) is 0.303. The van der Waals surface area contributed by atoms with E-state index >= 15 is 0 Å². The Morgan fingerprint density at radius 2 is 1.62 bits per heavy atom. The molecule has 0 bridgehead atoms. The van der Waals surface area contributed by atoms with Gasteiger partial charge in [-0.3, -0.25) is 4.79 Å². The monoisotopic (exact) mass is 526 g/mol. The second kappa shape index (κ2) is 12.2. The Hall–Kier alpha value is -3.40. The highest BCUT2D eigenvalue weighted by Gasteiger charge is 2.32. The van der Waals surface area contributed by atoms with Gasteiger partial charge in [0, 0.05) is 24.2 Å². The summed E-state index contributed by atoms with van der Waals surface area (Å²) in [5, 5.41) is 34.0. The smallest absolute Gasteiger partial charge is 0.252 e. The Labute approximate surface area is 218 Å². The van der Waals surface area contributed by atoms with Crippen LogP contribution in [0.15, 0.2) is 77.7 Å². The van der Waals surface area contributed by atoms with Crippen LogP contribution in [0.3, 0.4) is 0 Å². The van der Waals surface area contributed by atoms with Crippen molar-refractivity contribution < 1.29 is 28.5 Å². The first-order valence-corrected chi connectivity index (χ1v) is 13.5. The summed E-state index contributed by atoms with van der Waals surface area (Å²) in [7, 11) is -4.05. The molecule has 0 saturated heterocycles. The lowest BCUT2D eigenvalue weighted by atomic mass is 9.99. The number of aliphatic hydroxyl groups is 1. The summed E-state index contributed by atoms with van der Waals surface area (Å²) < 4.78 is 28.1. The lowest BCUT2D eigenvalue weighted by molar-refractivity contribution is 0.0775. The lowest BCUT2D eigenvalue weighted by Crippen LogP contribution is -2.51.